The van der Waals surface area contributed by atoms with Crippen LogP contribution < -0.4 is 11.1 Å². The first-order chi connectivity index (χ1) is 13.5. The van der Waals surface area contributed by atoms with E-state index in [1.54, 1.807) is 17.8 Å². The summed E-state index contributed by atoms with van der Waals surface area (Å²) in [7, 11) is 0. The molecule has 1 fully saturated rings. The van der Waals surface area contributed by atoms with Gasteiger partial charge in [-0.2, -0.15) is 15.3 Å². The average Bonchev–Trinajstić information content (AvgIpc) is 3.29. The zero-order valence-corrected chi connectivity index (χ0v) is 15.3. The highest BCUT2D eigenvalue weighted by Gasteiger charge is 2.33. The van der Waals surface area contributed by atoms with Crippen molar-refractivity contribution in [3.63, 3.8) is 0 Å². The van der Waals surface area contributed by atoms with Crippen molar-refractivity contribution in [1.82, 2.24) is 19.9 Å². The number of nitrogens with two attached hydrogens (primary N) is 1. The summed E-state index contributed by atoms with van der Waals surface area (Å²) in [4.78, 5) is 16.1. The van der Waals surface area contributed by atoms with Crippen molar-refractivity contribution < 1.29 is 9.32 Å². The van der Waals surface area contributed by atoms with E-state index in [2.05, 4.69) is 26.6 Å². The number of primary amides is 1. The third kappa shape index (κ3) is 3.57. The van der Waals surface area contributed by atoms with E-state index in [0.29, 0.717) is 35.4 Å². The minimum Gasteiger partial charge on any atom is -0.365 e. The molecule has 28 heavy (non-hydrogen) atoms. The van der Waals surface area contributed by atoms with Crippen molar-refractivity contribution in [2.45, 2.75) is 32.2 Å². The van der Waals surface area contributed by atoms with Gasteiger partial charge in [0.05, 0.1) is 18.5 Å². The molecule has 0 bridgehead atoms. The van der Waals surface area contributed by atoms with E-state index in [0.717, 1.165) is 24.1 Å². The van der Waals surface area contributed by atoms with Gasteiger partial charge in [0.25, 0.3) is 11.8 Å². The van der Waals surface area contributed by atoms with Gasteiger partial charge >= 0.3 is 0 Å². The molecule has 4 rings (SSSR count). The summed E-state index contributed by atoms with van der Waals surface area (Å²) in [5.74, 6) is 1.23. The molecule has 2 aromatic heterocycles. The quantitative estimate of drug-likeness (QED) is 0.646. The second-order valence-corrected chi connectivity index (χ2v) is 6.85. The third-order valence-corrected chi connectivity index (χ3v) is 4.73. The normalized spacial score (nSPS) is 14.4. The number of nitrogens with one attached hydrogen (secondary N) is 1. The van der Waals surface area contributed by atoms with Crippen LogP contribution in [0.4, 0.5) is 11.5 Å². The Bertz CT molecular complexity index is 1040. The van der Waals surface area contributed by atoms with Crippen molar-refractivity contribution in [2.75, 3.05) is 5.32 Å². The van der Waals surface area contributed by atoms with Gasteiger partial charge in [0.15, 0.2) is 11.6 Å². The van der Waals surface area contributed by atoms with Crippen molar-refractivity contribution >= 4 is 17.4 Å². The predicted molar refractivity (Wildman–Crippen MR) is 100 cm³/mol. The first kappa shape index (κ1) is 17.7. The second kappa shape index (κ2) is 7.15. The summed E-state index contributed by atoms with van der Waals surface area (Å²) in [5.41, 5.74) is 7.34. The molecule has 1 aromatic carbocycles. The van der Waals surface area contributed by atoms with Crippen LogP contribution in [0.3, 0.4) is 0 Å². The molecular weight excluding hydrogens is 358 g/mol. The van der Waals surface area contributed by atoms with E-state index in [1.807, 2.05) is 24.3 Å². The zero-order chi connectivity index (χ0) is 19.7. The number of anilines is 2. The Morgan fingerprint density at radius 1 is 1.43 bits per heavy atom. The number of hydrogen-bond acceptors (Lipinski definition) is 7. The third-order valence-electron chi connectivity index (χ3n) is 4.73. The van der Waals surface area contributed by atoms with Gasteiger partial charge in [-0.25, -0.2) is 0 Å². The van der Waals surface area contributed by atoms with Crippen LogP contribution >= 0.6 is 0 Å². The molecule has 1 atom stereocenters. The highest BCUT2D eigenvalue weighted by atomic mass is 16.5. The molecule has 0 spiro atoms. The number of aryl methyl sites for hydroxylation is 1. The average molecular weight is 377 g/mol. The van der Waals surface area contributed by atoms with Crippen molar-refractivity contribution in [2.24, 2.45) is 11.7 Å². The monoisotopic (exact) mass is 377 g/mol. The minimum atomic E-state index is -0.571. The molecule has 1 aliphatic carbocycles. The Morgan fingerprint density at radius 2 is 2.18 bits per heavy atom. The minimum absolute atomic E-state index is 0.0400. The lowest BCUT2D eigenvalue weighted by molar-refractivity contribution is 0.100. The highest BCUT2D eigenvalue weighted by Crippen LogP contribution is 2.41. The van der Waals surface area contributed by atoms with Crippen LogP contribution in [0, 0.1) is 24.2 Å². The molecule has 142 valence electrons. The van der Waals surface area contributed by atoms with E-state index in [9.17, 15) is 4.79 Å². The Kier molecular flexibility index (Phi) is 4.53. The number of nitrogens with zero attached hydrogens (tertiary/aromatic N) is 5. The number of benzene rings is 1. The fourth-order valence-corrected chi connectivity index (χ4v) is 3.13. The summed E-state index contributed by atoms with van der Waals surface area (Å²) in [5, 5.41) is 20.5. The molecule has 0 aliphatic heterocycles. The molecule has 3 aromatic rings. The van der Waals surface area contributed by atoms with E-state index >= 15 is 0 Å². The Labute approximate surface area is 161 Å². The van der Waals surface area contributed by atoms with Gasteiger partial charge in [-0.05, 0) is 49.9 Å². The van der Waals surface area contributed by atoms with Gasteiger partial charge in [0, 0.05) is 17.4 Å². The molecule has 0 radical (unpaired) electrons. The number of carbonyl (C=O) groups excluding carboxylic acids is 1. The molecule has 9 nitrogen and oxygen atoms in total. The van der Waals surface area contributed by atoms with Crippen LogP contribution in [-0.4, -0.2) is 25.8 Å². The molecule has 0 saturated heterocycles. The van der Waals surface area contributed by atoms with Gasteiger partial charge in [-0.15, -0.1) is 0 Å². The second-order valence-electron chi connectivity index (χ2n) is 6.85. The topological polar surface area (TPSA) is 136 Å². The predicted octanol–water partition coefficient (Wildman–Crippen LogP) is 2.95. The summed E-state index contributed by atoms with van der Waals surface area (Å²) < 4.78 is 6.85. The lowest BCUT2D eigenvalue weighted by Gasteiger charge is -2.12. The van der Waals surface area contributed by atoms with E-state index in [4.69, 9.17) is 15.5 Å². The van der Waals surface area contributed by atoms with Crippen LogP contribution in [0.25, 0.3) is 11.5 Å². The zero-order valence-electron chi connectivity index (χ0n) is 15.3. The maximum Gasteiger partial charge on any atom is 0.257 e. The lowest BCUT2D eigenvalue weighted by atomic mass is 10.1. The number of rotatable bonds is 7. The molecule has 2 heterocycles. The van der Waals surface area contributed by atoms with E-state index < -0.39 is 5.91 Å². The fourth-order valence-electron chi connectivity index (χ4n) is 3.13. The smallest absolute Gasteiger partial charge is 0.257 e. The molecule has 3 N–H and O–H groups in total. The molecular formula is C19H19N7O2. The summed E-state index contributed by atoms with van der Waals surface area (Å²) in [6.07, 6.45) is 4.11. The summed E-state index contributed by atoms with van der Waals surface area (Å²) >= 11 is 0. The van der Waals surface area contributed by atoms with E-state index in [1.165, 1.54) is 0 Å². The van der Waals surface area contributed by atoms with Gasteiger partial charge in [-0.3, -0.25) is 9.48 Å². The Hall–Kier alpha value is -3.67. The fraction of sp³-hybridized carbons (Fsp3) is 0.316. The number of hydrogen-bond donors (Lipinski definition) is 2. The SMILES string of the molecule is Cc1noc(-c2ccc(Nc3nn([C@@H](CC#N)C4CC4)cc3C(N)=O)cc2)n1. The van der Waals surface area contributed by atoms with Gasteiger partial charge in [0.1, 0.15) is 5.56 Å². The first-order valence-electron chi connectivity index (χ1n) is 8.99. The Balaban J connectivity index is 1.58. The standard InChI is InChI=1S/C19H19N7O2/c1-11-22-19(28-25-11)13-4-6-14(7-5-13)23-18-15(17(21)27)10-26(24-18)16(8-9-20)12-2-3-12/h4-7,10,12,16H,2-3,8H2,1H3,(H2,21,27)(H,23,24)/t16-/m0/s1. The summed E-state index contributed by atoms with van der Waals surface area (Å²) in [6, 6.07) is 9.48. The molecule has 1 aliphatic rings. The van der Waals surface area contributed by atoms with Crippen molar-refractivity contribution in [1.29, 1.82) is 5.26 Å². The molecule has 1 saturated carbocycles. The van der Waals surface area contributed by atoms with Crippen LogP contribution in [0.5, 0.6) is 0 Å². The molecule has 1 amide bonds. The summed E-state index contributed by atoms with van der Waals surface area (Å²) in [6.45, 7) is 1.76. The van der Waals surface area contributed by atoms with Crippen LogP contribution in [0.15, 0.2) is 35.0 Å². The van der Waals surface area contributed by atoms with Crippen LogP contribution in [0.1, 0.15) is 41.5 Å². The Morgan fingerprint density at radius 3 is 2.75 bits per heavy atom. The van der Waals surface area contributed by atoms with Gasteiger partial charge in [0.2, 0.25) is 0 Å². The lowest BCUT2D eigenvalue weighted by Crippen LogP contribution is -2.12. The van der Waals surface area contributed by atoms with E-state index in [-0.39, 0.29) is 6.04 Å². The number of carbonyl (C=O) groups is 1. The highest BCUT2D eigenvalue weighted by molar-refractivity contribution is 5.98. The van der Waals surface area contributed by atoms with Crippen molar-refractivity contribution in [3.05, 3.63) is 41.9 Å². The van der Waals surface area contributed by atoms with Crippen LogP contribution in [-0.2, 0) is 0 Å². The largest absolute Gasteiger partial charge is 0.365 e. The maximum absolute atomic E-state index is 11.9. The van der Waals surface area contributed by atoms with Gasteiger partial charge < -0.3 is 15.6 Å². The molecule has 9 heteroatoms. The first-order valence-corrected chi connectivity index (χ1v) is 8.99. The van der Waals surface area contributed by atoms with Crippen molar-refractivity contribution in [3.8, 4) is 17.5 Å². The molecule has 0 unspecified atom stereocenters. The number of aromatic nitrogens is 4. The number of nitriles is 1. The van der Waals surface area contributed by atoms with Crippen LogP contribution in [0.2, 0.25) is 0 Å². The maximum atomic E-state index is 11.9. The van der Waals surface area contributed by atoms with Gasteiger partial charge in [-0.1, -0.05) is 5.16 Å². The number of amides is 1.